The van der Waals surface area contributed by atoms with E-state index >= 15 is 0 Å². The second kappa shape index (κ2) is 7.47. The van der Waals surface area contributed by atoms with Gasteiger partial charge in [-0.1, -0.05) is 36.4 Å². The molecule has 0 radical (unpaired) electrons. The van der Waals surface area contributed by atoms with Gasteiger partial charge in [-0.25, -0.2) is 12.8 Å². The number of hydrogen-bond donors (Lipinski definition) is 1. The first kappa shape index (κ1) is 19.7. The Hall–Kier alpha value is -3.23. The van der Waals surface area contributed by atoms with E-state index in [0.29, 0.717) is 16.6 Å². The highest BCUT2D eigenvalue weighted by molar-refractivity contribution is 7.89. The van der Waals surface area contributed by atoms with Gasteiger partial charge in [0.05, 0.1) is 4.90 Å². The predicted molar refractivity (Wildman–Crippen MR) is 117 cm³/mol. The molecule has 4 aromatic rings. The minimum absolute atomic E-state index is 0.204. The topological polar surface area (TPSA) is 73.5 Å². The Labute approximate surface area is 178 Å². The van der Waals surface area contributed by atoms with E-state index in [0.717, 1.165) is 10.8 Å². The van der Waals surface area contributed by atoms with Gasteiger partial charge in [0.15, 0.2) is 0 Å². The normalized spacial score (nSPS) is 15.6. The standard InChI is InChI=1S/C23H20FN3O3S/c24-20-6-3-7-21-19(20)15-22(25-21)23(28)26-10-12-27(13-11-26)31(29,30)18-9-8-16-4-1-2-5-17(16)14-18/h1-9,14-15,25H,10-13H2. The lowest BCUT2D eigenvalue weighted by Gasteiger charge is -2.33. The van der Waals surface area contributed by atoms with Crippen molar-refractivity contribution < 1.29 is 17.6 Å². The van der Waals surface area contributed by atoms with Crippen molar-refractivity contribution in [3.63, 3.8) is 0 Å². The first-order chi connectivity index (χ1) is 14.9. The van der Waals surface area contributed by atoms with Crippen LogP contribution in [-0.4, -0.2) is 54.7 Å². The number of amides is 1. The van der Waals surface area contributed by atoms with E-state index in [1.165, 1.54) is 16.4 Å². The number of hydrogen-bond acceptors (Lipinski definition) is 3. The van der Waals surface area contributed by atoms with E-state index in [-0.39, 0.29) is 42.8 Å². The van der Waals surface area contributed by atoms with Gasteiger partial charge in [-0.2, -0.15) is 4.31 Å². The van der Waals surface area contributed by atoms with E-state index < -0.39 is 10.0 Å². The second-order valence-corrected chi connectivity index (χ2v) is 9.53. The molecule has 0 aliphatic carbocycles. The molecule has 0 unspecified atom stereocenters. The summed E-state index contributed by atoms with van der Waals surface area (Å²) in [7, 11) is -3.66. The van der Waals surface area contributed by atoms with E-state index in [9.17, 15) is 17.6 Å². The Kier molecular flexibility index (Phi) is 4.75. The molecule has 3 aromatic carbocycles. The summed E-state index contributed by atoms with van der Waals surface area (Å²) >= 11 is 0. The molecular weight excluding hydrogens is 417 g/mol. The zero-order chi connectivity index (χ0) is 21.6. The van der Waals surface area contributed by atoms with Crippen molar-refractivity contribution >= 4 is 37.6 Å². The largest absolute Gasteiger partial charge is 0.350 e. The minimum Gasteiger partial charge on any atom is -0.350 e. The number of sulfonamides is 1. The average Bonchev–Trinajstić information content (AvgIpc) is 3.24. The molecular formula is C23H20FN3O3S. The van der Waals surface area contributed by atoms with Gasteiger partial charge in [-0.15, -0.1) is 0 Å². The number of carbonyl (C=O) groups excluding carboxylic acids is 1. The van der Waals surface area contributed by atoms with E-state index in [2.05, 4.69) is 4.98 Å². The summed E-state index contributed by atoms with van der Waals surface area (Å²) in [6.45, 7) is 0.942. The molecule has 0 spiro atoms. The molecule has 0 saturated carbocycles. The maximum atomic E-state index is 13.9. The molecule has 1 aliphatic rings. The molecule has 8 heteroatoms. The van der Waals surface area contributed by atoms with Crippen LogP contribution in [0, 0.1) is 5.82 Å². The Balaban J connectivity index is 1.32. The van der Waals surface area contributed by atoms with Gasteiger partial charge in [0.25, 0.3) is 5.91 Å². The van der Waals surface area contributed by atoms with Gasteiger partial charge in [-0.05, 0) is 41.1 Å². The molecule has 1 saturated heterocycles. The summed E-state index contributed by atoms with van der Waals surface area (Å²) in [5.41, 5.74) is 0.854. The molecule has 5 rings (SSSR count). The van der Waals surface area contributed by atoms with Gasteiger partial charge in [-0.3, -0.25) is 4.79 Å². The van der Waals surface area contributed by atoms with Crippen molar-refractivity contribution in [2.75, 3.05) is 26.2 Å². The van der Waals surface area contributed by atoms with Crippen LogP contribution in [0.3, 0.4) is 0 Å². The first-order valence-electron chi connectivity index (χ1n) is 9.99. The SMILES string of the molecule is O=C(c1cc2c(F)cccc2[nH]1)N1CCN(S(=O)(=O)c2ccc3ccccc3c2)CC1. The Morgan fingerprint density at radius 1 is 0.871 bits per heavy atom. The number of nitrogens with zero attached hydrogens (tertiary/aromatic N) is 2. The summed E-state index contributed by atoms with van der Waals surface area (Å²) < 4.78 is 41.6. The van der Waals surface area contributed by atoms with Gasteiger partial charge >= 0.3 is 0 Å². The highest BCUT2D eigenvalue weighted by Gasteiger charge is 2.31. The first-order valence-corrected chi connectivity index (χ1v) is 11.4. The van der Waals surface area contributed by atoms with Crippen molar-refractivity contribution in [3.05, 3.63) is 78.2 Å². The molecule has 6 nitrogen and oxygen atoms in total. The monoisotopic (exact) mass is 437 g/mol. The van der Waals surface area contributed by atoms with Crippen molar-refractivity contribution in [1.82, 2.24) is 14.2 Å². The fourth-order valence-corrected chi connectivity index (χ4v) is 5.47. The maximum Gasteiger partial charge on any atom is 0.270 e. The number of aromatic nitrogens is 1. The van der Waals surface area contributed by atoms with Gasteiger partial charge in [0.1, 0.15) is 11.5 Å². The molecule has 1 N–H and O–H groups in total. The number of aromatic amines is 1. The number of fused-ring (bicyclic) bond motifs is 2. The highest BCUT2D eigenvalue weighted by atomic mass is 32.2. The van der Waals surface area contributed by atoms with Crippen molar-refractivity contribution in [2.45, 2.75) is 4.90 Å². The second-order valence-electron chi connectivity index (χ2n) is 7.59. The average molecular weight is 437 g/mol. The molecule has 31 heavy (non-hydrogen) atoms. The van der Waals surface area contributed by atoms with Crippen LogP contribution in [-0.2, 0) is 10.0 Å². The third kappa shape index (κ3) is 3.47. The number of nitrogens with one attached hydrogen (secondary N) is 1. The van der Waals surface area contributed by atoms with E-state index in [4.69, 9.17) is 0 Å². The van der Waals surface area contributed by atoms with Gasteiger partial charge in [0, 0.05) is 37.1 Å². The van der Waals surface area contributed by atoms with Crippen LogP contribution < -0.4 is 0 Å². The van der Waals surface area contributed by atoms with Crippen molar-refractivity contribution in [2.24, 2.45) is 0 Å². The number of carbonyl (C=O) groups is 1. The van der Waals surface area contributed by atoms with Crippen LogP contribution in [0.1, 0.15) is 10.5 Å². The lowest BCUT2D eigenvalue weighted by Crippen LogP contribution is -2.50. The van der Waals surface area contributed by atoms with Crippen LogP contribution in [0.25, 0.3) is 21.7 Å². The Morgan fingerprint density at radius 2 is 1.61 bits per heavy atom. The zero-order valence-corrected chi connectivity index (χ0v) is 17.4. The number of H-pyrrole nitrogens is 1. The summed E-state index contributed by atoms with van der Waals surface area (Å²) in [5.74, 6) is -0.655. The molecule has 2 heterocycles. The Morgan fingerprint density at radius 3 is 2.35 bits per heavy atom. The molecule has 1 aliphatic heterocycles. The molecule has 1 amide bonds. The van der Waals surface area contributed by atoms with Crippen LogP contribution in [0.5, 0.6) is 0 Å². The number of halogens is 1. The minimum atomic E-state index is -3.66. The zero-order valence-electron chi connectivity index (χ0n) is 16.6. The Bertz CT molecular complexity index is 1410. The third-order valence-electron chi connectivity index (χ3n) is 5.73. The van der Waals surface area contributed by atoms with Crippen molar-refractivity contribution in [3.8, 4) is 0 Å². The van der Waals surface area contributed by atoms with Gasteiger partial charge < -0.3 is 9.88 Å². The van der Waals surface area contributed by atoms with Crippen LogP contribution >= 0.6 is 0 Å². The summed E-state index contributed by atoms with van der Waals surface area (Å²) in [4.78, 5) is 17.7. The summed E-state index contributed by atoms with van der Waals surface area (Å²) in [6.07, 6.45) is 0. The highest BCUT2D eigenvalue weighted by Crippen LogP contribution is 2.24. The molecule has 1 aromatic heterocycles. The maximum absolute atomic E-state index is 13.9. The summed E-state index contributed by atoms with van der Waals surface area (Å²) in [6, 6.07) is 18.9. The molecule has 158 valence electrons. The van der Waals surface area contributed by atoms with Crippen LogP contribution in [0.2, 0.25) is 0 Å². The third-order valence-corrected chi connectivity index (χ3v) is 7.62. The van der Waals surface area contributed by atoms with Crippen molar-refractivity contribution in [1.29, 1.82) is 0 Å². The lowest BCUT2D eigenvalue weighted by atomic mass is 10.1. The van der Waals surface area contributed by atoms with Crippen LogP contribution in [0.4, 0.5) is 4.39 Å². The predicted octanol–water partition coefficient (Wildman–Crippen LogP) is 3.61. The number of benzene rings is 3. The fourth-order valence-electron chi connectivity index (χ4n) is 4.01. The summed E-state index contributed by atoms with van der Waals surface area (Å²) in [5, 5.41) is 2.21. The number of rotatable bonds is 3. The lowest BCUT2D eigenvalue weighted by molar-refractivity contribution is 0.0693. The molecule has 0 bridgehead atoms. The van der Waals surface area contributed by atoms with E-state index in [1.807, 2.05) is 24.3 Å². The van der Waals surface area contributed by atoms with Crippen LogP contribution in [0.15, 0.2) is 71.6 Å². The number of piperazine rings is 1. The van der Waals surface area contributed by atoms with Gasteiger partial charge in [0.2, 0.25) is 10.0 Å². The molecule has 0 atom stereocenters. The quantitative estimate of drug-likeness (QED) is 0.532. The smallest absolute Gasteiger partial charge is 0.270 e. The molecule has 1 fully saturated rings. The fraction of sp³-hybridized carbons (Fsp3) is 0.174. The van der Waals surface area contributed by atoms with E-state index in [1.54, 1.807) is 35.2 Å².